The van der Waals surface area contributed by atoms with Gasteiger partial charge in [0, 0.05) is 31.9 Å². The highest BCUT2D eigenvalue weighted by Crippen LogP contribution is 2.18. The van der Waals surface area contributed by atoms with Crippen LogP contribution in [0.3, 0.4) is 0 Å². The highest BCUT2D eigenvalue weighted by molar-refractivity contribution is 5.33. The zero-order valence-corrected chi connectivity index (χ0v) is 11.2. The Morgan fingerprint density at radius 2 is 2.11 bits per heavy atom. The molecule has 0 amide bonds. The van der Waals surface area contributed by atoms with E-state index in [1.165, 1.54) is 0 Å². The van der Waals surface area contributed by atoms with E-state index in [9.17, 15) is 0 Å². The van der Waals surface area contributed by atoms with Crippen LogP contribution in [0.15, 0.2) is 6.07 Å². The van der Waals surface area contributed by atoms with Crippen LogP contribution in [0.25, 0.3) is 0 Å². The monoisotopic (exact) mass is 250 g/mol. The lowest BCUT2D eigenvalue weighted by molar-refractivity contribution is 0.0457. The first-order chi connectivity index (χ1) is 8.72. The van der Waals surface area contributed by atoms with Crippen LogP contribution in [0.5, 0.6) is 0 Å². The van der Waals surface area contributed by atoms with Gasteiger partial charge in [0.2, 0.25) is 5.95 Å². The van der Waals surface area contributed by atoms with Gasteiger partial charge in [-0.15, -0.1) is 0 Å². The number of ether oxygens (including phenoxy) is 1. The summed E-state index contributed by atoms with van der Waals surface area (Å²) < 4.78 is 5.65. The Balaban J connectivity index is 2.02. The third-order valence-electron chi connectivity index (χ3n) is 3.23. The molecule has 1 aromatic heterocycles. The van der Waals surface area contributed by atoms with Crippen molar-refractivity contribution in [1.82, 2.24) is 9.97 Å². The quantitative estimate of drug-likeness (QED) is 0.871. The van der Waals surface area contributed by atoms with Crippen LogP contribution in [0.4, 0.5) is 5.95 Å². The minimum Gasteiger partial charge on any atom is -0.378 e. The number of aromatic nitrogens is 2. The van der Waals surface area contributed by atoms with Gasteiger partial charge in [-0.05, 0) is 32.8 Å². The molecule has 1 saturated heterocycles. The Morgan fingerprint density at radius 3 is 2.72 bits per heavy atom. The van der Waals surface area contributed by atoms with E-state index >= 15 is 0 Å². The van der Waals surface area contributed by atoms with Gasteiger partial charge in [-0.2, -0.15) is 0 Å². The van der Waals surface area contributed by atoms with Crippen LogP contribution in [-0.2, 0) is 11.3 Å². The predicted molar refractivity (Wildman–Crippen MR) is 71.5 cm³/mol. The Kier molecular flexibility index (Phi) is 4.49. The number of hydrogen-bond donors (Lipinski definition) is 1. The van der Waals surface area contributed by atoms with E-state index in [2.05, 4.69) is 14.9 Å². The summed E-state index contributed by atoms with van der Waals surface area (Å²) in [5, 5.41) is 0. The molecule has 2 rings (SSSR count). The number of rotatable bonds is 4. The fourth-order valence-electron chi connectivity index (χ4n) is 2.32. The van der Waals surface area contributed by atoms with Crippen molar-refractivity contribution in [3.05, 3.63) is 17.5 Å². The zero-order valence-electron chi connectivity index (χ0n) is 11.2. The van der Waals surface area contributed by atoms with Crippen molar-refractivity contribution >= 4 is 5.95 Å². The van der Waals surface area contributed by atoms with Gasteiger partial charge in [0.25, 0.3) is 0 Å². The largest absolute Gasteiger partial charge is 0.378 e. The summed E-state index contributed by atoms with van der Waals surface area (Å²) >= 11 is 0. The SMILES string of the molecule is CCOC1CCN(c2nc(C)cc(CN)n2)CC1. The van der Waals surface area contributed by atoms with Crippen molar-refractivity contribution in [2.24, 2.45) is 5.73 Å². The number of piperidine rings is 1. The summed E-state index contributed by atoms with van der Waals surface area (Å²) in [5.41, 5.74) is 7.54. The number of anilines is 1. The molecule has 18 heavy (non-hydrogen) atoms. The second-order valence-corrected chi connectivity index (χ2v) is 4.65. The fourth-order valence-corrected chi connectivity index (χ4v) is 2.32. The Labute approximate surface area is 108 Å². The summed E-state index contributed by atoms with van der Waals surface area (Å²) in [6, 6.07) is 1.94. The molecule has 0 spiro atoms. The number of hydrogen-bond acceptors (Lipinski definition) is 5. The predicted octanol–water partition coefficient (Wildman–Crippen LogP) is 1.25. The normalized spacial score (nSPS) is 17.2. The Morgan fingerprint density at radius 1 is 1.39 bits per heavy atom. The number of nitrogens with two attached hydrogens (primary N) is 1. The molecule has 5 nitrogen and oxygen atoms in total. The third-order valence-corrected chi connectivity index (χ3v) is 3.23. The van der Waals surface area contributed by atoms with Crippen LogP contribution in [0, 0.1) is 6.92 Å². The maximum Gasteiger partial charge on any atom is 0.225 e. The lowest BCUT2D eigenvalue weighted by atomic mass is 10.1. The summed E-state index contributed by atoms with van der Waals surface area (Å²) in [5.74, 6) is 0.811. The first-order valence-electron chi connectivity index (χ1n) is 6.64. The summed E-state index contributed by atoms with van der Waals surface area (Å²) in [6.07, 6.45) is 2.48. The molecule has 0 radical (unpaired) electrons. The molecule has 1 aliphatic heterocycles. The van der Waals surface area contributed by atoms with Gasteiger partial charge in [0.15, 0.2) is 0 Å². The number of nitrogens with zero attached hydrogens (tertiary/aromatic N) is 3. The highest BCUT2D eigenvalue weighted by atomic mass is 16.5. The zero-order chi connectivity index (χ0) is 13.0. The maximum absolute atomic E-state index is 5.65. The molecular weight excluding hydrogens is 228 g/mol. The van der Waals surface area contributed by atoms with Crippen molar-refractivity contribution < 1.29 is 4.74 Å². The Hall–Kier alpha value is -1.20. The minimum absolute atomic E-state index is 0.394. The molecule has 0 saturated carbocycles. The molecule has 1 aliphatic rings. The average Bonchev–Trinajstić information content (AvgIpc) is 2.39. The van der Waals surface area contributed by atoms with Gasteiger partial charge in [0.05, 0.1) is 11.8 Å². The van der Waals surface area contributed by atoms with E-state index in [-0.39, 0.29) is 0 Å². The fraction of sp³-hybridized carbons (Fsp3) is 0.692. The molecule has 2 N–H and O–H groups in total. The van der Waals surface area contributed by atoms with Crippen LogP contribution < -0.4 is 10.6 Å². The van der Waals surface area contributed by atoms with Crippen molar-refractivity contribution in [2.75, 3.05) is 24.6 Å². The molecule has 0 aliphatic carbocycles. The second kappa shape index (κ2) is 6.11. The van der Waals surface area contributed by atoms with Gasteiger partial charge in [-0.25, -0.2) is 9.97 Å². The first-order valence-corrected chi connectivity index (χ1v) is 6.64. The molecule has 0 aromatic carbocycles. The lowest BCUT2D eigenvalue weighted by Gasteiger charge is -2.32. The van der Waals surface area contributed by atoms with Gasteiger partial charge in [-0.3, -0.25) is 0 Å². The molecular formula is C13H22N4O. The maximum atomic E-state index is 5.65. The molecule has 0 unspecified atom stereocenters. The number of aryl methyl sites for hydroxylation is 1. The van der Waals surface area contributed by atoms with Gasteiger partial charge in [0.1, 0.15) is 0 Å². The lowest BCUT2D eigenvalue weighted by Crippen LogP contribution is -2.38. The third kappa shape index (κ3) is 3.17. The van der Waals surface area contributed by atoms with Crippen LogP contribution >= 0.6 is 0 Å². The van der Waals surface area contributed by atoms with Crippen molar-refractivity contribution in [3.63, 3.8) is 0 Å². The second-order valence-electron chi connectivity index (χ2n) is 4.65. The molecule has 100 valence electrons. The molecule has 5 heteroatoms. The first kappa shape index (κ1) is 13.2. The highest BCUT2D eigenvalue weighted by Gasteiger charge is 2.21. The van der Waals surface area contributed by atoms with Crippen LogP contribution in [0.1, 0.15) is 31.2 Å². The Bertz CT molecular complexity index is 389. The molecule has 1 fully saturated rings. The van der Waals surface area contributed by atoms with E-state index in [1.54, 1.807) is 0 Å². The van der Waals surface area contributed by atoms with E-state index in [0.717, 1.165) is 49.9 Å². The summed E-state index contributed by atoms with van der Waals surface area (Å²) in [4.78, 5) is 11.2. The average molecular weight is 250 g/mol. The van der Waals surface area contributed by atoms with Gasteiger partial charge in [-0.1, -0.05) is 0 Å². The van der Waals surface area contributed by atoms with Gasteiger partial charge < -0.3 is 15.4 Å². The molecule has 0 bridgehead atoms. The van der Waals surface area contributed by atoms with E-state index in [1.807, 2.05) is 19.9 Å². The van der Waals surface area contributed by atoms with Crippen molar-refractivity contribution in [1.29, 1.82) is 0 Å². The minimum atomic E-state index is 0.394. The van der Waals surface area contributed by atoms with E-state index < -0.39 is 0 Å². The molecule has 1 aromatic rings. The van der Waals surface area contributed by atoms with E-state index in [0.29, 0.717) is 12.6 Å². The molecule has 2 heterocycles. The van der Waals surface area contributed by atoms with Crippen molar-refractivity contribution in [2.45, 2.75) is 39.3 Å². The smallest absolute Gasteiger partial charge is 0.225 e. The van der Waals surface area contributed by atoms with Crippen LogP contribution in [-0.4, -0.2) is 35.8 Å². The summed E-state index contributed by atoms with van der Waals surface area (Å²) in [6.45, 7) is 7.20. The standard InChI is InChI=1S/C13H22N4O/c1-3-18-12-4-6-17(7-5-12)13-15-10(2)8-11(9-14)16-13/h8,12H,3-7,9,14H2,1-2H3. The van der Waals surface area contributed by atoms with Crippen molar-refractivity contribution in [3.8, 4) is 0 Å². The summed E-state index contributed by atoms with van der Waals surface area (Å²) in [7, 11) is 0. The van der Waals surface area contributed by atoms with Crippen LogP contribution in [0.2, 0.25) is 0 Å². The van der Waals surface area contributed by atoms with E-state index in [4.69, 9.17) is 10.5 Å². The topological polar surface area (TPSA) is 64.3 Å². The van der Waals surface area contributed by atoms with Gasteiger partial charge >= 0.3 is 0 Å². The molecule has 0 atom stereocenters.